The molecule has 1 aromatic carbocycles. The molecule has 0 N–H and O–H groups in total. The van der Waals surface area contributed by atoms with Gasteiger partial charge in [0.05, 0.1) is 0 Å². The normalized spacial score (nSPS) is 12.5. The van der Waals surface area contributed by atoms with Crippen molar-refractivity contribution in [2.75, 3.05) is 12.4 Å². The second kappa shape index (κ2) is 6.01. The summed E-state index contributed by atoms with van der Waals surface area (Å²) < 4.78 is 0. The topological polar surface area (TPSA) is 3.24 Å². The third-order valence-corrected chi connectivity index (χ3v) is 4.80. The van der Waals surface area contributed by atoms with Crippen molar-refractivity contribution >= 4 is 15.9 Å². The van der Waals surface area contributed by atoms with Crippen LogP contribution in [0.25, 0.3) is 0 Å². The fourth-order valence-electron chi connectivity index (χ4n) is 1.60. The van der Waals surface area contributed by atoms with Gasteiger partial charge in [0, 0.05) is 17.4 Å². The van der Waals surface area contributed by atoms with Crippen molar-refractivity contribution in [3.63, 3.8) is 0 Å². The monoisotopic (exact) mass is 297 g/mol. The highest BCUT2D eigenvalue weighted by Gasteiger charge is 2.21. The number of nitrogens with zero attached hydrogens (tertiary/aromatic N) is 1. The molecule has 0 spiro atoms. The van der Waals surface area contributed by atoms with Gasteiger partial charge in [0.2, 0.25) is 0 Å². The molecule has 0 unspecified atom stereocenters. The second-order valence-electron chi connectivity index (χ2n) is 5.70. The molecular weight excluding hydrogens is 274 g/mol. The van der Waals surface area contributed by atoms with Crippen LogP contribution in [0.15, 0.2) is 24.3 Å². The number of alkyl halides is 1. The molecule has 0 saturated heterocycles. The van der Waals surface area contributed by atoms with Crippen LogP contribution in [0.1, 0.15) is 44.7 Å². The van der Waals surface area contributed by atoms with Gasteiger partial charge in [0.15, 0.2) is 0 Å². The molecule has 0 aliphatic carbocycles. The van der Waals surface area contributed by atoms with E-state index < -0.39 is 0 Å². The number of benzene rings is 1. The Morgan fingerprint density at radius 1 is 1.18 bits per heavy atom. The van der Waals surface area contributed by atoms with E-state index in [9.17, 15) is 0 Å². The van der Waals surface area contributed by atoms with Crippen LogP contribution in [0, 0.1) is 0 Å². The number of rotatable bonds is 5. The Kier molecular flexibility index (Phi) is 5.21. The first kappa shape index (κ1) is 14.7. The maximum atomic E-state index is 3.57. The van der Waals surface area contributed by atoms with Crippen LogP contribution in [-0.4, -0.2) is 22.8 Å². The molecule has 0 saturated carbocycles. The van der Waals surface area contributed by atoms with Crippen molar-refractivity contribution in [3.05, 3.63) is 35.4 Å². The van der Waals surface area contributed by atoms with E-state index in [4.69, 9.17) is 0 Å². The van der Waals surface area contributed by atoms with Gasteiger partial charge in [-0.3, -0.25) is 4.90 Å². The highest BCUT2D eigenvalue weighted by atomic mass is 79.9. The first-order valence-electron chi connectivity index (χ1n) is 6.23. The average molecular weight is 298 g/mol. The average Bonchev–Trinajstić information content (AvgIpc) is 2.29. The van der Waals surface area contributed by atoms with Crippen LogP contribution in [0.2, 0.25) is 0 Å². The van der Waals surface area contributed by atoms with E-state index in [2.05, 4.69) is 79.8 Å². The van der Waals surface area contributed by atoms with Gasteiger partial charge in [-0.05, 0) is 37.9 Å². The van der Waals surface area contributed by atoms with Crippen molar-refractivity contribution < 1.29 is 0 Å². The molecule has 0 heterocycles. The molecule has 1 nitrogen and oxygen atoms in total. The quantitative estimate of drug-likeness (QED) is 0.728. The zero-order valence-corrected chi connectivity index (χ0v) is 13.2. The predicted molar refractivity (Wildman–Crippen MR) is 79.9 cm³/mol. The van der Waals surface area contributed by atoms with Gasteiger partial charge < -0.3 is 0 Å². The van der Waals surface area contributed by atoms with Gasteiger partial charge in [-0.2, -0.15) is 0 Å². The third-order valence-electron chi connectivity index (χ3n) is 3.43. The lowest BCUT2D eigenvalue weighted by molar-refractivity contribution is 0.173. The Morgan fingerprint density at radius 3 is 2.12 bits per heavy atom. The minimum Gasteiger partial charge on any atom is -0.296 e. The highest BCUT2D eigenvalue weighted by Crippen LogP contribution is 2.20. The van der Waals surface area contributed by atoms with Gasteiger partial charge in [-0.25, -0.2) is 0 Å². The Hall–Kier alpha value is -0.340. The first-order chi connectivity index (χ1) is 7.86. The Labute approximate surface area is 114 Å². The predicted octanol–water partition coefficient (Wildman–Crippen LogP) is 4.42. The molecule has 0 aromatic heterocycles. The standard InChI is InChI=1S/C15H24BrN/c1-12(2)14-8-6-13(7-9-14)10-17(5)15(3,4)11-16/h6-9,12H,10-11H2,1-5H3. The zero-order valence-electron chi connectivity index (χ0n) is 11.6. The largest absolute Gasteiger partial charge is 0.296 e. The van der Waals surface area contributed by atoms with Gasteiger partial charge in [-0.1, -0.05) is 54.0 Å². The van der Waals surface area contributed by atoms with E-state index in [1.165, 1.54) is 11.1 Å². The highest BCUT2D eigenvalue weighted by molar-refractivity contribution is 9.09. The number of halogens is 1. The lowest BCUT2D eigenvalue weighted by Crippen LogP contribution is -2.41. The molecule has 0 amide bonds. The summed E-state index contributed by atoms with van der Waals surface area (Å²) >= 11 is 3.57. The van der Waals surface area contributed by atoms with E-state index in [0.717, 1.165) is 11.9 Å². The smallest absolute Gasteiger partial charge is 0.0250 e. The maximum Gasteiger partial charge on any atom is 0.0250 e. The van der Waals surface area contributed by atoms with E-state index in [-0.39, 0.29) is 5.54 Å². The van der Waals surface area contributed by atoms with E-state index in [1.807, 2.05) is 0 Å². The molecule has 0 aliphatic rings. The lowest BCUT2D eigenvalue weighted by Gasteiger charge is -2.34. The van der Waals surface area contributed by atoms with E-state index in [1.54, 1.807) is 0 Å². The summed E-state index contributed by atoms with van der Waals surface area (Å²) in [7, 11) is 2.18. The summed E-state index contributed by atoms with van der Waals surface area (Å²) in [6.07, 6.45) is 0. The van der Waals surface area contributed by atoms with Crippen LogP contribution in [0.4, 0.5) is 0 Å². The Morgan fingerprint density at radius 2 is 1.71 bits per heavy atom. The van der Waals surface area contributed by atoms with Crippen molar-refractivity contribution in [3.8, 4) is 0 Å². The van der Waals surface area contributed by atoms with Crippen LogP contribution < -0.4 is 0 Å². The van der Waals surface area contributed by atoms with Gasteiger partial charge >= 0.3 is 0 Å². The molecule has 1 rings (SSSR count). The zero-order chi connectivity index (χ0) is 13.1. The van der Waals surface area contributed by atoms with Crippen molar-refractivity contribution in [2.24, 2.45) is 0 Å². The third kappa shape index (κ3) is 4.11. The van der Waals surface area contributed by atoms with Crippen molar-refractivity contribution in [1.82, 2.24) is 4.90 Å². The summed E-state index contributed by atoms with van der Waals surface area (Å²) in [5, 5.41) is 0.987. The fraction of sp³-hybridized carbons (Fsp3) is 0.600. The van der Waals surface area contributed by atoms with Crippen LogP contribution in [0.5, 0.6) is 0 Å². The molecular formula is C15H24BrN. The molecule has 0 bridgehead atoms. The summed E-state index contributed by atoms with van der Waals surface area (Å²) in [5.74, 6) is 0.612. The number of hydrogen-bond donors (Lipinski definition) is 0. The molecule has 0 radical (unpaired) electrons. The minimum absolute atomic E-state index is 0.191. The molecule has 0 atom stereocenters. The molecule has 0 fully saturated rings. The van der Waals surface area contributed by atoms with Crippen LogP contribution >= 0.6 is 15.9 Å². The minimum atomic E-state index is 0.191. The van der Waals surface area contributed by atoms with Gasteiger partial charge in [0.1, 0.15) is 0 Å². The summed E-state index contributed by atoms with van der Waals surface area (Å²) in [6, 6.07) is 8.98. The molecule has 1 aromatic rings. The number of hydrogen-bond acceptors (Lipinski definition) is 1. The maximum absolute atomic E-state index is 3.57. The summed E-state index contributed by atoms with van der Waals surface area (Å²) in [6.45, 7) is 9.97. The van der Waals surface area contributed by atoms with Gasteiger partial charge in [0.25, 0.3) is 0 Å². The van der Waals surface area contributed by atoms with Crippen LogP contribution in [0.3, 0.4) is 0 Å². The molecule has 2 heteroatoms. The first-order valence-corrected chi connectivity index (χ1v) is 7.35. The fourth-order valence-corrected chi connectivity index (χ4v) is 2.03. The second-order valence-corrected chi connectivity index (χ2v) is 6.26. The Balaban J connectivity index is 2.69. The van der Waals surface area contributed by atoms with Crippen molar-refractivity contribution in [1.29, 1.82) is 0 Å². The molecule has 17 heavy (non-hydrogen) atoms. The van der Waals surface area contributed by atoms with E-state index >= 15 is 0 Å². The van der Waals surface area contributed by atoms with Crippen LogP contribution in [-0.2, 0) is 6.54 Å². The summed E-state index contributed by atoms with van der Waals surface area (Å²) in [4.78, 5) is 2.38. The van der Waals surface area contributed by atoms with Gasteiger partial charge in [-0.15, -0.1) is 0 Å². The molecule has 0 aliphatic heterocycles. The van der Waals surface area contributed by atoms with Crippen molar-refractivity contribution in [2.45, 2.75) is 45.7 Å². The van der Waals surface area contributed by atoms with E-state index in [0.29, 0.717) is 5.92 Å². The summed E-state index contributed by atoms with van der Waals surface area (Å²) in [5.41, 5.74) is 2.98. The molecule has 96 valence electrons. The lowest BCUT2D eigenvalue weighted by atomic mass is 10.0. The Bertz CT molecular complexity index is 340. The SMILES string of the molecule is CC(C)c1ccc(CN(C)C(C)(C)CBr)cc1.